The van der Waals surface area contributed by atoms with Crippen molar-refractivity contribution in [3.05, 3.63) is 65.9 Å². The number of hydrogen-bond donors (Lipinski definition) is 1. The Labute approximate surface area is 128 Å². The molecule has 0 aliphatic carbocycles. The van der Waals surface area contributed by atoms with Crippen LogP contribution >= 0.6 is 0 Å². The molecule has 0 atom stereocenters. The molecule has 0 aliphatic heterocycles. The van der Waals surface area contributed by atoms with E-state index < -0.39 is 0 Å². The summed E-state index contributed by atoms with van der Waals surface area (Å²) in [6, 6.07) is 17.5. The summed E-state index contributed by atoms with van der Waals surface area (Å²) in [6.45, 7) is 2.04. The van der Waals surface area contributed by atoms with E-state index in [0.29, 0.717) is 11.4 Å². The van der Waals surface area contributed by atoms with E-state index >= 15 is 0 Å². The second-order valence-corrected chi connectivity index (χ2v) is 5.05. The SMILES string of the molecule is Cc1ccc(-c2nc(N)cnc2-c2ccc(C#N)cc2)cc1. The fraction of sp³-hybridized carbons (Fsp3) is 0.0556. The molecule has 0 unspecified atom stereocenters. The van der Waals surface area contributed by atoms with E-state index in [1.165, 1.54) is 5.56 Å². The normalized spacial score (nSPS) is 10.2. The van der Waals surface area contributed by atoms with Crippen LogP contribution in [0.25, 0.3) is 22.5 Å². The molecule has 1 heterocycles. The van der Waals surface area contributed by atoms with Crippen LogP contribution in [0.5, 0.6) is 0 Å². The molecule has 0 spiro atoms. The van der Waals surface area contributed by atoms with Gasteiger partial charge in [0, 0.05) is 11.1 Å². The zero-order valence-corrected chi connectivity index (χ0v) is 12.1. The lowest BCUT2D eigenvalue weighted by Crippen LogP contribution is -1.98. The van der Waals surface area contributed by atoms with Gasteiger partial charge in [0.1, 0.15) is 5.82 Å². The first-order chi connectivity index (χ1) is 10.7. The first-order valence-corrected chi connectivity index (χ1v) is 6.87. The molecule has 1 aromatic heterocycles. The van der Waals surface area contributed by atoms with Crippen LogP contribution in [0.4, 0.5) is 5.82 Å². The smallest absolute Gasteiger partial charge is 0.142 e. The van der Waals surface area contributed by atoms with Gasteiger partial charge in [-0.1, -0.05) is 42.0 Å². The largest absolute Gasteiger partial charge is 0.382 e. The first kappa shape index (κ1) is 13.8. The Kier molecular flexibility index (Phi) is 3.55. The third-order valence-electron chi connectivity index (χ3n) is 3.40. The van der Waals surface area contributed by atoms with Gasteiger partial charge in [-0.25, -0.2) is 4.98 Å². The van der Waals surface area contributed by atoms with Crippen LogP contribution in [0.3, 0.4) is 0 Å². The standard InChI is InChI=1S/C18H14N4/c1-12-2-6-15(7-3-12)18-17(21-11-16(20)22-18)14-8-4-13(10-19)5-9-14/h2-9,11H,1H3,(H2,20,22). The summed E-state index contributed by atoms with van der Waals surface area (Å²) in [4.78, 5) is 8.87. The Hall–Kier alpha value is -3.19. The van der Waals surface area contributed by atoms with E-state index in [4.69, 9.17) is 11.0 Å². The lowest BCUT2D eigenvalue weighted by molar-refractivity contribution is 1.22. The van der Waals surface area contributed by atoms with Gasteiger partial charge in [0.15, 0.2) is 0 Å². The number of nitrogens with two attached hydrogens (primary N) is 1. The maximum Gasteiger partial charge on any atom is 0.142 e. The molecule has 0 amide bonds. The molecular weight excluding hydrogens is 272 g/mol. The molecule has 0 fully saturated rings. The average Bonchev–Trinajstić information content (AvgIpc) is 2.56. The van der Waals surface area contributed by atoms with Gasteiger partial charge in [-0.05, 0) is 19.1 Å². The number of aryl methyl sites for hydroxylation is 1. The van der Waals surface area contributed by atoms with Crippen LogP contribution in [0, 0.1) is 18.3 Å². The molecule has 22 heavy (non-hydrogen) atoms. The van der Waals surface area contributed by atoms with Crippen LogP contribution in [-0.2, 0) is 0 Å². The highest BCUT2D eigenvalue weighted by Crippen LogP contribution is 2.29. The number of rotatable bonds is 2. The molecule has 0 radical (unpaired) electrons. The fourth-order valence-electron chi connectivity index (χ4n) is 2.23. The molecule has 2 N–H and O–H groups in total. The third-order valence-corrected chi connectivity index (χ3v) is 3.40. The maximum atomic E-state index is 8.90. The number of nitrogens with zero attached hydrogens (tertiary/aromatic N) is 3. The topological polar surface area (TPSA) is 75.6 Å². The molecule has 106 valence electrons. The van der Waals surface area contributed by atoms with Crippen molar-refractivity contribution >= 4 is 5.82 Å². The number of hydrogen-bond acceptors (Lipinski definition) is 4. The summed E-state index contributed by atoms with van der Waals surface area (Å²) in [5.41, 5.74) is 11.0. The number of nitriles is 1. The first-order valence-electron chi connectivity index (χ1n) is 6.87. The van der Waals surface area contributed by atoms with Gasteiger partial charge in [0.2, 0.25) is 0 Å². The van der Waals surface area contributed by atoms with Crippen LogP contribution in [0.15, 0.2) is 54.7 Å². The minimum Gasteiger partial charge on any atom is -0.382 e. The predicted molar refractivity (Wildman–Crippen MR) is 86.8 cm³/mol. The van der Waals surface area contributed by atoms with Gasteiger partial charge >= 0.3 is 0 Å². The minimum atomic E-state index is 0.382. The van der Waals surface area contributed by atoms with Gasteiger partial charge in [-0.2, -0.15) is 5.26 Å². The third kappa shape index (κ3) is 2.65. The van der Waals surface area contributed by atoms with E-state index in [1.807, 2.05) is 43.3 Å². The second kappa shape index (κ2) is 5.66. The maximum absolute atomic E-state index is 8.90. The monoisotopic (exact) mass is 286 g/mol. The number of anilines is 1. The summed E-state index contributed by atoms with van der Waals surface area (Å²) < 4.78 is 0. The molecule has 3 rings (SSSR count). The van der Waals surface area contributed by atoms with Gasteiger partial charge < -0.3 is 5.73 Å². The Morgan fingerprint density at radius 2 is 1.50 bits per heavy atom. The minimum absolute atomic E-state index is 0.382. The van der Waals surface area contributed by atoms with Gasteiger partial charge in [0.25, 0.3) is 0 Å². The molecular formula is C18H14N4. The Morgan fingerprint density at radius 3 is 2.14 bits per heavy atom. The molecule has 4 nitrogen and oxygen atoms in total. The highest BCUT2D eigenvalue weighted by atomic mass is 14.9. The van der Waals surface area contributed by atoms with Gasteiger partial charge in [-0.3, -0.25) is 4.98 Å². The van der Waals surface area contributed by atoms with Crippen molar-refractivity contribution in [2.45, 2.75) is 6.92 Å². The van der Waals surface area contributed by atoms with Crippen LogP contribution in [0.2, 0.25) is 0 Å². The Balaban J connectivity index is 2.15. The van der Waals surface area contributed by atoms with E-state index in [9.17, 15) is 0 Å². The summed E-state index contributed by atoms with van der Waals surface area (Å²) in [5, 5.41) is 8.90. The zero-order chi connectivity index (χ0) is 15.5. The summed E-state index contributed by atoms with van der Waals surface area (Å²) in [7, 11) is 0. The number of benzene rings is 2. The highest BCUT2D eigenvalue weighted by Gasteiger charge is 2.11. The van der Waals surface area contributed by atoms with Crippen molar-refractivity contribution in [3.8, 4) is 28.6 Å². The zero-order valence-electron chi connectivity index (χ0n) is 12.1. The number of nitrogen functional groups attached to an aromatic ring is 1. The summed E-state index contributed by atoms with van der Waals surface area (Å²) in [5.74, 6) is 0.382. The van der Waals surface area contributed by atoms with E-state index in [-0.39, 0.29) is 0 Å². The molecule has 2 aromatic carbocycles. The summed E-state index contributed by atoms with van der Waals surface area (Å²) in [6.07, 6.45) is 1.55. The lowest BCUT2D eigenvalue weighted by atomic mass is 10.0. The predicted octanol–water partition coefficient (Wildman–Crippen LogP) is 3.57. The van der Waals surface area contributed by atoms with Gasteiger partial charge in [-0.15, -0.1) is 0 Å². The lowest BCUT2D eigenvalue weighted by Gasteiger charge is -2.09. The average molecular weight is 286 g/mol. The molecule has 0 saturated carbocycles. The molecule has 0 aliphatic rings. The van der Waals surface area contributed by atoms with E-state index in [1.54, 1.807) is 18.3 Å². The molecule has 0 saturated heterocycles. The van der Waals surface area contributed by atoms with Crippen LogP contribution in [0.1, 0.15) is 11.1 Å². The van der Waals surface area contributed by atoms with Crippen molar-refractivity contribution in [2.75, 3.05) is 5.73 Å². The molecule has 4 heteroatoms. The molecule has 3 aromatic rings. The van der Waals surface area contributed by atoms with Crippen molar-refractivity contribution in [1.29, 1.82) is 5.26 Å². The van der Waals surface area contributed by atoms with Gasteiger partial charge in [0.05, 0.1) is 29.2 Å². The quantitative estimate of drug-likeness (QED) is 0.781. The van der Waals surface area contributed by atoms with E-state index in [2.05, 4.69) is 16.0 Å². The Bertz CT molecular complexity index is 844. The van der Waals surface area contributed by atoms with Crippen LogP contribution in [-0.4, -0.2) is 9.97 Å². The second-order valence-electron chi connectivity index (χ2n) is 5.05. The van der Waals surface area contributed by atoms with Crippen molar-refractivity contribution in [3.63, 3.8) is 0 Å². The van der Waals surface area contributed by atoms with E-state index in [0.717, 1.165) is 22.5 Å². The summed E-state index contributed by atoms with van der Waals surface area (Å²) >= 11 is 0. The molecule has 0 bridgehead atoms. The van der Waals surface area contributed by atoms with Crippen molar-refractivity contribution in [2.24, 2.45) is 0 Å². The van der Waals surface area contributed by atoms with Crippen molar-refractivity contribution in [1.82, 2.24) is 9.97 Å². The van der Waals surface area contributed by atoms with Crippen LogP contribution < -0.4 is 5.73 Å². The Morgan fingerprint density at radius 1 is 0.909 bits per heavy atom. The van der Waals surface area contributed by atoms with Crippen molar-refractivity contribution < 1.29 is 0 Å². The highest BCUT2D eigenvalue weighted by molar-refractivity contribution is 5.78. The number of aromatic nitrogens is 2. The fourth-order valence-corrected chi connectivity index (χ4v) is 2.23.